The van der Waals surface area contributed by atoms with Crippen LogP contribution >= 0.6 is 11.6 Å². The number of benzene rings is 2. The minimum atomic E-state index is -0.627. The van der Waals surface area contributed by atoms with Gasteiger partial charge in [-0.2, -0.15) is 4.98 Å². The van der Waals surface area contributed by atoms with Gasteiger partial charge < -0.3 is 9.42 Å². The van der Waals surface area contributed by atoms with E-state index in [2.05, 4.69) is 10.1 Å². The van der Waals surface area contributed by atoms with E-state index in [-0.39, 0.29) is 34.8 Å². The fraction of sp³-hybridized carbons (Fsp3) is 0.211. The predicted octanol–water partition coefficient (Wildman–Crippen LogP) is 4.35. The van der Waals surface area contributed by atoms with E-state index < -0.39 is 10.8 Å². The molecule has 0 fully saturated rings. The molecule has 28 heavy (non-hydrogen) atoms. The number of carbonyl (C=O) groups excluding carboxylic acids is 1. The number of amides is 1. The second-order valence-electron chi connectivity index (χ2n) is 6.32. The molecule has 0 aliphatic rings. The Morgan fingerprint density at radius 3 is 2.61 bits per heavy atom. The third-order valence-electron chi connectivity index (χ3n) is 4.08. The molecular formula is C19H17ClN4O4. The second kappa shape index (κ2) is 8.18. The van der Waals surface area contributed by atoms with Crippen LogP contribution in [0.2, 0.25) is 5.02 Å². The van der Waals surface area contributed by atoms with Crippen molar-refractivity contribution in [2.24, 2.45) is 0 Å². The van der Waals surface area contributed by atoms with Gasteiger partial charge in [0, 0.05) is 22.7 Å². The number of hydrogen-bond donors (Lipinski definition) is 0. The summed E-state index contributed by atoms with van der Waals surface area (Å²) in [7, 11) is 0. The summed E-state index contributed by atoms with van der Waals surface area (Å²) in [6.45, 7) is 3.62. The summed E-state index contributed by atoms with van der Waals surface area (Å²) in [5, 5.41) is 15.4. The molecule has 3 aromatic rings. The number of hydrogen-bond acceptors (Lipinski definition) is 6. The van der Waals surface area contributed by atoms with Gasteiger partial charge in [-0.3, -0.25) is 14.9 Å². The third-order valence-corrected chi connectivity index (χ3v) is 4.31. The molecule has 0 saturated carbocycles. The summed E-state index contributed by atoms with van der Waals surface area (Å²) < 4.78 is 5.27. The highest BCUT2D eigenvalue weighted by atomic mass is 35.5. The summed E-state index contributed by atoms with van der Waals surface area (Å²) >= 11 is 5.84. The predicted molar refractivity (Wildman–Crippen MR) is 103 cm³/mol. The fourth-order valence-corrected chi connectivity index (χ4v) is 2.82. The molecule has 0 bridgehead atoms. The van der Waals surface area contributed by atoms with Gasteiger partial charge in [0.05, 0.1) is 4.92 Å². The van der Waals surface area contributed by atoms with Crippen molar-refractivity contribution >= 4 is 23.2 Å². The number of nitrogens with zero attached hydrogens (tertiary/aromatic N) is 4. The minimum Gasteiger partial charge on any atom is -0.337 e. The molecular weight excluding hydrogens is 384 g/mol. The lowest BCUT2D eigenvalue weighted by molar-refractivity contribution is -0.385. The molecule has 3 rings (SSSR count). The summed E-state index contributed by atoms with van der Waals surface area (Å²) in [6, 6.07) is 13.0. The van der Waals surface area contributed by atoms with Crippen LogP contribution in [-0.2, 0) is 6.54 Å². The first-order valence-electron chi connectivity index (χ1n) is 8.49. The summed E-state index contributed by atoms with van der Waals surface area (Å²) in [5.74, 6) is 0.125. The van der Waals surface area contributed by atoms with Gasteiger partial charge in [0.1, 0.15) is 12.1 Å². The molecule has 0 radical (unpaired) electrons. The van der Waals surface area contributed by atoms with Crippen molar-refractivity contribution in [2.75, 3.05) is 0 Å². The van der Waals surface area contributed by atoms with Crippen molar-refractivity contribution < 1.29 is 14.2 Å². The highest BCUT2D eigenvalue weighted by Crippen LogP contribution is 2.26. The summed E-state index contributed by atoms with van der Waals surface area (Å²) in [6.07, 6.45) is 0. The van der Waals surface area contributed by atoms with Gasteiger partial charge in [-0.1, -0.05) is 47.1 Å². The lowest BCUT2D eigenvalue weighted by atomic mass is 10.1. The first-order chi connectivity index (χ1) is 13.4. The quantitative estimate of drug-likeness (QED) is 0.450. The van der Waals surface area contributed by atoms with E-state index in [9.17, 15) is 14.9 Å². The Balaban J connectivity index is 1.88. The van der Waals surface area contributed by atoms with Gasteiger partial charge in [-0.25, -0.2) is 0 Å². The Morgan fingerprint density at radius 1 is 1.25 bits per heavy atom. The van der Waals surface area contributed by atoms with E-state index in [1.165, 1.54) is 17.0 Å². The van der Waals surface area contributed by atoms with E-state index in [0.29, 0.717) is 5.82 Å². The number of aromatic nitrogens is 2. The van der Waals surface area contributed by atoms with Gasteiger partial charge in [0.15, 0.2) is 0 Å². The van der Waals surface area contributed by atoms with E-state index in [1.807, 2.05) is 30.3 Å². The summed E-state index contributed by atoms with van der Waals surface area (Å²) in [4.78, 5) is 29.4. The normalized spacial score (nSPS) is 10.9. The van der Waals surface area contributed by atoms with E-state index >= 15 is 0 Å². The molecule has 2 aromatic carbocycles. The van der Waals surface area contributed by atoms with Crippen molar-refractivity contribution in [3.05, 3.63) is 75.1 Å². The van der Waals surface area contributed by atoms with Crippen LogP contribution in [0.3, 0.4) is 0 Å². The molecule has 0 atom stereocenters. The topological polar surface area (TPSA) is 102 Å². The largest absolute Gasteiger partial charge is 0.337 e. The molecule has 144 valence electrons. The second-order valence-corrected chi connectivity index (χ2v) is 6.76. The Morgan fingerprint density at radius 2 is 1.96 bits per heavy atom. The highest BCUT2D eigenvalue weighted by Gasteiger charge is 2.28. The lowest BCUT2D eigenvalue weighted by Gasteiger charge is -2.25. The standard InChI is InChI=1S/C19H17ClN4O4/c1-12(2)23(19(25)15-9-8-14(20)10-16(15)24(26)27)11-17-21-18(22-28-17)13-6-4-3-5-7-13/h3-10,12H,11H2,1-2H3. The number of rotatable bonds is 6. The number of nitro groups is 1. The summed E-state index contributed by atoms with van der Waals surface area (Å²) in [5.41, 5.74) is 0.387. The monoisotopic (exact) mass is 400 g/mol. The van der Waals surface area contributed by atoms with Crippen molar-refractivity contribution in [2.45, 2.75) is 26.4 Å². The molecule has 1 aromatic heterocycles. The van der Waals surface area contributed by atoms with Crippen LogP contribution in [-0.4, -0.2) is 31.9 Å². The third kappa shape index (κ3) is 4.17. The molecule has 0 aliphatic carbocycles. The smallest absolute Gasteiger partial charge is 0.283 e. The van der Waals surface area contributed by atoms with Gasteiger partial charge in [-0.05, 0) is 26.0 Å². The van der Waals surface area contributed by atoms with Gasteiger partial charge in [0.25, 0.3) is 11.6 Å². The lowest BCUT2D eigenvalue weighted by Crippen LogP contribution is -2.36. The van der Waals surface area contributed by atoms with Crippen LogP contribution in [0.1, 0.15) is 30.1 Å². The van der Waals surface area contributed by atoms with Gasteiger partial charge >= 0.3 is 0 Å². The Hall–Kier alpha value is -3.26. The first kappa shape index (κ1) is 19.5. The number of halogens is 1. The van der Waals surface area contributed by atoms with Crippen LogP contribution in [0.15, 0.2) is 53.1 Å². The van der Waals surface area contributed by atoms with Crippen LogP contribution in [0.5, 0.6) is 0 Å². The Kier molecular flexibility index (Phi) is 5.70. The van der Waals surface area contributed by atoms with Crippen LogP contribution in [0.4, 0.5) is 5.69 Å². The highest BCUT2D eigenvalue weighted by molar-refractivity contribution is 6.31. The maximum Gasteiger partial charge on any atom is 0.283 e. The zero-order chi connectivity index (χ0) is 20.3. The van der Waals surface area contributed by atoms with Gasteiger partial charge in [-0.15, -0.1) is 0 Å². The average molecular weight is 401 g/mol. The van der Waals surface area contributed by atoms with E-state index in [0.717, 1.165) is 11.6 Å². The fourth-order valence-electron chi connectivity index (χ4n) is 2.65. The molecule has 0 unspecified atom stereocenters. The Labute approximate surface area is 165 Å². The van der Waals surface area contributed by atoms with Gasteiger partial charge in [0.2, 0.25) is 11.7 Å². The van der Waals surface area contributed by atoms with Crippen molar-refractivity contribution in [3.63, 3.8) is 0 Å². The maximum atomic E-state index is 13.0. The maximum absolute atomic E-state index is 13.0. The molecule has 1 amide bonds. The van der Waals surface area contributed by atoms with Crippen LogP contribution < -0.4 is 0 Å². The zero-order valence-electron chi connectivity index (χ0n) is 15.2. The minimum absolute atomic E-state index is 0.0239. The first-order valence-corrected chi connectivity index (χ1v) is 8.87. The number of carbonyl (C=O) groups is 1. The molecule has 0 N–H and O–H groups in total. The molecule has 0 aliphatic heterocycles. The van der Waals surface area contributed by atoms with E-state index in [4.69, 9.17) is 16.1 Å². The molecule has 1 heterocycles. The van der Waals surface area contributed by atoms with Crippen molar-refractivity contribution in [1.29, 1.82) is 0 Å². The molecule has 0 spiro atoms. The molecule has 0 saturated heterocycles. The SMILES string of the molecule is CC(C)N(Cc1nc(-c2ccccc2)no1)C(=O)c1ccc(Cl)cc1[N+](=O)[O-]. The number of nitro benzene ring substituents is 1. The van der Waals surface area contributed by atoms with Crippen LogP contribution in [0, 0.1) is 10.1 Å². The zero-order valence-corrected chi connectivity index (χ0v) is 16.0. The molecule has 8 nitrogen and oxygen atoms in total. The Bertz CT molecular complexity index is 1000. The van der Waals surface area contributed by atoms with Crippen molar-refractivity contribution in [3.8, 4) is 11.4 Å². The van der Waals surface area contributed by atoms with Crippen molar-refractivity contribution in [1.82, 2.24) is 15.0 Å². The van der Waals surface area contributed by atoms with Crippen LogP contribution in [0.25, 0.3) is 11.4 Å². The van der Waals surface area contributed by atoms with E-state index in [1.54, 1.807) is 13.8 Å². The average Bonchev–Trinajstić information content (AvgIpc) is 3.14. The molecule has 9 heteroatoms.